The quantitative estimate of drug-likeness (QED) is 0.0146. The number of aliphatic carboxylic acids is 1. The van der Waals surface area contributed by atoms with Crippen LogP contribution in [-0.2, 0) is 64.8 Å². The number of thiophene rings is 3. The van der Waals surface area contributed by atoms with E-state index >= 15 is 0 Å². The molecule has 7 fully saturated rings. The molecule has 0 unspecified atom stereocenters. The Morgan fingerprint density at radius 2 is 0.634 bits per heavy atom. The number of amides is 1. The molecule has 0 radical (unpaired) electrons. The number of aliphatic hydroxyl groups excluding tert-OH is 4. The van der Waals surface area contributed by atoms with Crippen molar-refractivity contribution in [3.8, 4) is 57.5 Å². The number of rotatable bonds is 25. The molecule has 1 amide bonds. The van der Waals surface area contributed by atoms with Crippen molar-refractivity contribution in [2.75, 3.05) is 74.7 Å². The fourth-order valence-electron chi connectivity index (χ4n) is 15.7. The molecule has 0 bridgehead atoms. The summed E-state index contributed by atoms with van der Waals surface area (Å²) in [4.78, 5) is 60.6. The van der Waals surface area contributed by atoms with Gasteiger partial charge in [-0.2, -0.15) is 5.75 Å². The summed E-state index contributed by atoms with van der Waals surface area (Å²) in [7, 11) is 9.12. The number of carbonyl (C=O) groups is 4. The van der Waals surface area contributed by atoms with E-state index in [0.717, 1.165) is 140 Å². The van der Waals surface area contributed by atoms with Crippen molar-refractivity contribution in [3.63, 3.8) is 0 Å². The minimum atomic E-state index is -0.720. The zero-order valence-corrected chi connectivity index (χ0v) is 82.7. The van der Waals surface area contributed by atoms with Crippen LogP contribution < -0.4 is 83.2 Å². The Bertz CT molecular complexity index is 5540. The van der Waals surface area contributed by atoms with Gasteiger partial charge in [0, 0.05) is 63.5 Å². The largest absolute Gasteiger partial charge is 1.00 e. The number of benzene rings is 7. The Morgan fingerprint density at radius 1 is 0.396 bits per heavy atom. The van der Waals surface area contributed by atoms with Gasteiger partial charge < -0.3 is 94.0 Å². The molecule has 7 aromatic carbocycles. The number of hydrogen-bond donors (Lipinski definition) is 9. The average Bonchev–Trinajstić information content (AvgIpc) is 1.62. The van der Waals surface area contributed by atoms with E-state index < -0.39 is 11.4 Å². The number of phenolic OH excluding ortho intramolecular Hbond substituents is 2. The summed E-state index contributed by atoms with van der Waals surface area (Å²) in [5.74, 6) is 5.62. The number of methoxy groups -OCH3 is 4. The van der Waals surface area contributed by atoms with Gasteiger partial charge in [0.05, 0.1) is 97.8 Å². The maximum atomic E-state index is 11.8. The number of pyridine rings is 3. The first kappa shape index (κ1) is 108. The van der Waals surface area contributed by atoms with E-state index in [4.69, 9.17) is 53.6 Å². The number of carboxylic acids is 1. The molecule has 30 heteroatoms. The van der Waals surface area contributed by atoms with Gasteiger partial charge in [-0.3, -0.25) is 24.5 Å². The number of aromatic hydroxyl groups is 2. The Kier molecular flexibility index (Phi) is 39.7. The molecule has 0 spiro atoms. The number of esters is 2. The van der Waals surface area contributed by atoms with E-state index in [9.17, 15) is 34.5 Å². The fraction of sp³-hybridized carbons (Fsp3) is 0.356. The minimum Gasteiger partial charge on any atom is -1.00 e. The van der Waals surface area contributed by atoms with Crippen molar-refractivity contribution in [2.45, 2.75) is 161 Å². The summed E-state index contributed by atoms with van der Waals surface area (Å²) >= 11 is 8.46. The zero-order valence-electron chi connectivity index (χ0n) is 78.4. The molecule has 10 N–H and O–H groups in total. The van der Waals surface area contributed by atoms with E-state index in [2.05, 4.69) is 64.6 Å². The van der Waals surface area contributed by atoms with Crippen LogP contribution in [0.4, 0.5) is 0 Å². The predicted molar refractivity (Wildman–Crippen MR) is 529 cm³/mol. The number of ether oxygens (including phenoxy) is 7. The Balaban J connectivity index is 0.000000195. The van der Waals surface area contributed by atoms with Gasteiger partial charge in [-0.15, -0.1) is 34.0 Å². The molecular weight excluding hydrogens is 1790 g/mol. The van der Waals surface area contributed by atoms with Gasteiger partial charge in [-0.25, -0.2) is 9.59 Å². The number of hydrogen-bond acceptors (Lipinski definition) is 25. The third-order valence-electron chi connectivity index (χ3n) is 25.7. The van der Waals surface area contributed by atoms with E-state index in [1.54, 1.807) is 107 Å². The third-order valence-corrected chi connectivity index (χ3v) is 28.9. The van der Waals surface area contributed by atoms with E-state index in [1.165, 1.54) is 110 Å². The molecule has 23 nitrogen and oxygen atoms in total. The van der Waals surface area contributed by atoms with Crippen LogP contribution in [0.25, 0.3) is 30.3 Å². The number of aliphatic hydroxyl groups is 4. The molecule has 7 aliphatic rings. The summed E-state index contributed by atoms with van der Waals surface area (Å²) in [6.45, 7) is 7.28. The van der Waals surface area contributed by atoms with Crippen molar-refractivity contribution in [2.24, 2.45) is 5.73 Å². The van der Waals surface area contributed by atoms with Crippen LogP contribution in [0.5, 0.6) is 57.5 Å². The second kappa shape index (κ2) is 49.1. The minimum absolute atomic E-state index is 0. The molecule has 7 saturated carbocycles. The average molecular weight is 1910 g/mol. The van der Waals surface area contributed by atoms with Crippen LogP contribution in [0.15, 0.2) is 225 Å². The van der Waals surface area contributed by atoms with Gasteiger partial charge in [-0.1, -0.05) is 106 Å². The molecule has 20 rings (SSSR count). The molecule has 6 heterocycles. The molecule has 6 aromatic heterocycles. The Labute approximate surface area is 847 Å². The third kappa shape index (κ3) is 26.5. The van der Waals surface area contributed by atoms with Crippen molar-refractivity contribution in [3.05, 3.63) is 279 Å². The number of carbonyl (C=O) groups excluding carboxylic acids is 3. The van der Waals surface area contributed by atoms with Gasteiger partial charge in [0.25, 0.3) is 5.91 Å². The van der Waals surface area contributed by atoms with Gasteiger partial charge in [0.2, 0.25) is 0 Å². The molecule has 7 aliphatic carbocycles. The molecule has 134 heavy (non-hydrogen) atoms. The van der Waals surface area contributed by atoms with Crippen LogP contribution in [0.1, 0.15) is 193 Å². The second-order valence-electron chi connectivity index (χ2n) is 33.7. The standard InChI is InChI=1S/C20H19NO3S.C19H18N2O3S.C19H17NO4S.C11H12O3.C11H14O2.C11H14O.C10H12O2.C2H6S.CH5N.Al.Li.Na.4H/c1-3-20(8-9-20)13-4-6-14(7-5-13)24-16-11-21-12-18-15(16)10-17(25-18)19(22)23-2;1-20-18(23)16-8-14-15(9-21-10-17(14)25-16)24-13-4-2-12(3-5-13)19(11-22)6-7-19;1-23-18(22)16-8-14-15(9-20-10-17(14)25-16)24-13-4-2-12(3-5-13)19(11-21)6-7-19;1-14-9-4-2-8(3-5-9)11(6-7-11)10(12)13;1-13-10-4-2-9(3-5-10)11(8-12)6-7-11;1-2-11(7-8-11)9-3-5-10(12)6-4-9;11-7-10(5-6-10)8-1-3-9(12)4-2-8;1-2-3;1-2;;;;;;;/h4-7,10-12H,3,8-9H2,1-2H3;2-5,8-10,22H,6-7,11H2,1H3,(H,20,23);2-5,8-10,21H,6-7,11H2,1H3;2-5H,6-7H2,1H3,(H,12,13);2-5,12H,6-8H2,1H3;3-6,12H,2,7-8H2,1H3;1-4,11-12H,5-7H2;3H,2H2,1H3;2H2,1H3;;;;;;;/q;;;;;;;;;;2*+1;;;;-1/p-1. The number of fused-ring (bicyclic) bond motifs is 3. The number of nitrogens with two attached hydrogens (primary N) is 1. The number of nitrogens with one attached hydrogen (secondary N) is 1. The number of carboxylic acid groups (broad SMARTS) is 1. The molecule has 0 saturated heterocycles. The second-order valence-corrected chi connectivity index (χ2v) is 37.5. The van der Waals surface area contributed by atoms with E-state index in [-0.39, 0.29) is 139 Å². The van der Waals surface area contributed by atoms with Gasteiger partial charge in [0.1, 0.15) is 50.0 Å². The summed E-state index contributed by atoms with van der Waals surface area (Å²) in [6, 6.07) is 59.4. The maximum Gasteiger partial charge on any atom is 1.00 e. The zero-order chi connectivity index (χ0) is 93.7. The van der Waals surface area contributed by atoms with Crippen molar-refractivity contribution in [1.82, 2.24) is 20.3 Å². The van der Waals surface area contributed by atoms with Gasteiger partial charge >= 0.3 is 66.3 Å². The van der Waals surface area contributed by atoms with Crippen molar-refractivity contribution < 1.29 is 138 Å². The van der Waals surface area contributed by atoms with Crippen LogP contribution in [0, 0.1) is 0 Å². The first-order valence-corrected chi connectivity index (χ1v) is 47.0. The fourth-order valence-corrected chi connectivity index (χ4v) is 18.6. The van der Waals surface area contributed by atoms with E-state index in [1.807, 2.05) is 134 Å². The Hall–Kier alpha value is -9.37. The van der Waals surface area contributed by atoms with Crippen LogP contribution >= 0.6 is 34.0 Å². The SMILES string of the molecule is CCC1(c2ccc(O)cc2)CC1.CCC1(c2ccc(Oc3cncc4sc(C(=O)OC)cc34)cc2)CC1.CC[S-].CN.CNC(=O)c1cc2c(Oc3ccc(C4(CO)CC4)cc3)cncc2s1.COC(=O)c1cc2c(Oc3ccc(C4(CO)CC4)cc3)cncc2s1.COc1ccc(C2(C(=O)O)CC2)cc1.COc1ccc(C2(CO)CC2)cc1.OCC1(c2ccc(O)cc2)CC1.[AlH3].[H-].[Li+].[Na+]. The molecular formula is C104H120AlLiN5NaO18S4. The number of aromatic nitrogens is 3. The number of nitrogens with zero attached hydrogens (tertiary/aromatic N) is 3. The molecule has 698 valence electrons. The monoisotopic (exact) mass is 1910 g/mol. The molecule has 0 atom stereocenters. The van der Waals surface area contributed by atoms with Crippen LogP contribution in [0.2, 0.25) is 0 Å². The smallest absolute Gasteiger partial charge is 1.00 e. The molecule has 13 aromatic rings. The van der Waals surface area contributed by atoms with E-state index in [0.29, 0.717) is 60.0 Å². The summed E-state index contributed by atoms with van der Waals surface area (Å²) in [5, 5.41) is 69.8. The maximum absolute atomic E-state index is 11.8. The number of phenols is 2. The molecule has 0 aliphatic heterocycles. The summed E-state index contributed by atoms with van der Waals surface area (Å²) in [5.41, 5.74) is 13.1. The van der Waals surface area contributed by atoms with Gasteiger partial charge in [0.15, 0.2) is 34.6 Å². The van der Waals surface area contributed by atoms with Crippen molar-refractivity contribution >= 4 is 118 Å². The normalized spacial score (nSPS) is 15.7. The summed E-state index contributed by atoms with van der Waals surface area (Å²) in [6.07, 6.45) is 27.7. The summed E-state index contributed by atoms with van der Waals surface area (Å²) < 4.78 is 40.3. The topological polar surface area (TPSA) is 351 Å². The first-order valence-electron chi connectivity index (χ1n) is 44.0. The van der Waals surface area contributed by atoms with Crippen LogP contribution in [-0.4, -0.2) is 167 Å². The van der Waals surface area contributed by atoms with Gasteiger partial charge in [-0.05, 0) is 263 Å². The Morgan fingerprint density at radius 3 is 0.858 bits per heavy atom. The van der Waals surface area contributed by atoms with Crippen LogP contribution in [0.3, 0.4) is 0 Å². The first-order chi connectivity index (χ1) is 63.4. The van der Waals surface area contributed by atoms with Crippen molar-refractivity contribution in [1.29, 1.82) is 0 Å². The predicted octanol–water partition coefficient (Wildman–Crippen LogP) is 13.5.